The minimum atomic E-state index is -0.133. The molecule has 1 amide bonds. The van der Waals surface area contributed by atoms with E-state index in [1.807, 2.05) is 28.6 Å². The Balaban J connectivity index is 1.62. The summed E-state index contributed by atoms with van der Waals surface area (Å²) in [6.07, 6.45) is 7.83. The molecule has 3 aromatic rings. The topological polar surface area (TPSA) is 91.2 Å². The number of H-pyrrole nitrogens is 1. The van der Waals surface area contributed by atoms with Gasteiger partial charge >= 0.3 is 0 Å². The summed E-state index contributed by atoms with van der Waals surface area (Å²) in [5, 5.41) is 15.4. The van der Waals surface area contributed by atoms with E-state index in [0.717, 1.165) is 47.7 Å². The molecule has 1 aliphatic heterocycles. The molecule has 158 valence electrons. The van der Waals surface area contributed by atoms with Crippen molar-refractivity contribution in [2.45, 2.75) is 51.5 Å². The van der Waals surface area contributed by atoms with Crippen molar-refractivity contribution in [1.82, 2.24) is 19.7 Å². The lowest BCUT2D eigenvalue weighted by Gasteiger charge is -2.31. The van der Waals surface area contributed by atoms with Crippen LogP contribution in [0.3, 0.4) is 0 Å². The Bertz CT molecular complexity index is 1160. The van der Waals surface area contributed by atoms with Crippen molar-refractivity contribution in [3.63, 3.8) is 0 Å². The van der Waals surface area contributed by atoms with Gasteiger partial charge in [0.25, 0.3) is 11.5 Å². The number of likely N-dealkylation sites (tertiary alicyclic amines) is 1. The predicted octanol–water partition coefficient (Wildman–Crippen LogP) is 3.15. The van der Waals surface area contributed by atoms with Gasteiger partial charge in [-0.2, -0.15) is 5.10 Å². The highest BCUT2D eigenvalue weighted by atomic mass is 16.3. The first kappa shape index (κ1) is 19.3. The maximum Gasteiger partial charge on any atom is 0.259 e. The van der Waals surface area contributed by atoms with E-state index >= 15 is 0 Å². The molecule has 3 heterocycles. The van der Waals surface area contributed by atoms with Crippen molar-refractivity contribution in [2.24, 2.45) is 5.92 Å². The number of amides is 1. The molecule has 0 bridgehead atoms. The summed E-state index contributed by atoms with van der Waals surface area (Å²) in [6, 6.07) is 4.16. The number of aliphatic hydroxyl groups excluding tert-OH is 1. The molecule has 30 heavy (non-hydrogen) atoms. The third kappa shape index (κ3) is 3.12. The molecule has 5 rings (SSSR count). The summed E-state index contributed by atoms with van der Waals surface area (Å²) in [4.78, 5) is 30.8. The fourth-order valence-electron chi connectivity index (χ4n) is 5.14. The van der Waals surface area contributed by atoms with Crippen LogP contribution in [0.15, 0.2) is 23.1 Å². The lowest BCUT2D eigenvalue weighted by Crippen LogP contribution is -2.39. The van der Waals surface area contributed by atoms with E-state index in [1.165, 1.54) is 12.8 Å². The first-order valence-corrected chi connectivity index (χ1v) is 11.0. The summed E-state index contributed by atoms with van der Waals surface area (Å²) in [5.41, 5.74) is 3.00. The van der Waals surface area contributed by atoms with Gasteiger partial charge in [0.05, 0.1) is 28.7 Å². The van der Waals surface area contributed by atoms with E-state index in [4.69, 9.17) is 0 Å². The zero-order valence-electron chi connectivity index (χ0n) is 17.4. The van der Waals surface area contributed by atoms with Gasteiger partial charge in [0, 0.05) is 30.6 Å². The molecule has 7 heteroatoms. The number of nitrogens with zero attached hydrogens (tertiary/aromatic N) is 3. The molecular formula is C23H28N4O3. The number of piperidine rings is 1. The first-order chi connectivity index (χ1) is 14.6. The number of hydrogen-bond acceptors (Lipinski definition) is 4. The Labute approximate surface area is 174 Å². The Morgan fingerprint density at radius 3 is 2.60 bits per heavy atom. The van der Waals surface area contributed by atoms with Crippen molar-refractivity contribution in [1.29, 1.82) is 0 Å². The number of nitrogens with one attached hydrogen (secondary N) is 1. The normalized spacial score (nSPS) is 18.7. The molecule has 1 saturated carbocycles. The standard InChI is InChI=1S/C23H28N4O3/c1-14-10-20-18(11-17(14)23(30)26-8-6-15(13-28)7-9-26)21-19(22(29)25-20)12-24-27(21)16-4-2-3-5-16/h10-12,15-16,28H,2-9,13H2,1H3,(H,25,29). The largest absolute Gasteiger partial charge is 0.396 e. The minimum absolute atomic E-state index is 0.0251. The third-order valence-electron chi connectivity index (χ3n) is 6.97. The van der Waals surface area contributed by atoms with Crippen LogP contribution in [0.2, 0.25) is 0 Å². The molecule has 7 nitrogen and oxygen atoms in total. The molecule has 0 spiro atoms. The zero-order valence-corrected chi connectivity index (χ0v) is 17.4. The minimum Gasteiger partial charge on any atom is -0.396 e. The quantitative estimate of drug-likeness (QED) is 0.696. The van der Waals surface area contributed by atoms with Gasteiger partial charge in [-0.1, -0.05) is 12.8 Å². The SMILES string of the molecule is Cc1cc2[nH]c(=O)c3cnn(C4CCCC4)c3c2cc1C(=O)N1CCC(CO)CC1. The lowest BCUT2D eigenvalue weighted by atomic mass is 9.96. The number of aromatic nitrogens is 3. The Morgan fingerprint density at radius 2 is 1.90 bits per heavy atom. The van der Waals surface area contributed by atoms with Gasteiger partial charge in [0.15, 0.2) is 0 Å². The maximum absolute atomic E-state index is 13.3. The van der Waals surface area contributed by atoms with Crippen LogP contribution in [-0.2, 0) is 0 Å². The summed E-state index contributed by atoms with van der Waals surface area (Å²) in [6.45, 7) is 3.45. The van der Waals surface area contributed by atoms with Crippen LogP contribution >= 0.6 is 0 Å². The highest BCUT2D eigenvalue weighted by Crippen LogP contribution is 2.34. The van der Waals surface area contributed by atoms with E-state index in [2.05, 4.69) is 10.1 Å². The van der Waals surface area contributed by atoms with Crippen LogP contribution in [0.5, 0.6) is 0 Å². The molecule has 1 aliphatic carbocycles. The van der Waals surface area contributed by atoms with Crippen molar-refractivity contribution in [3.8, 4) is 0 Å². The van der Waals surface area contributed by atoms with E-state index in [1.54, 1.807) is 6.20 Å². The number of hydrogen-bond donors (Lipinski definition) is 2. The zero-order chi connectivity index (χ0) is 20.8. The average Bonchev–Trinajstić information content (AvgIpc) is 3.43. The Hall–Kier alpha value is -2.67. The second-order valence-electron chi connectivity index (χ2n) is 8.87. The molecule has 0 atom stereocenters. The van der Waals surface area contributed by atoms with Crippen molar-refractivity contribution < 1.29 is 9.90 Å². The van der Waals surface area contributed by atoms with Crippen molar-refractivity contribution >= 4 is 27.7 Å². The number of pyridine rings is 1. The van der Waals surface area contributed by atoms with Gasteiger partial charge in [-0.05, 0) is 56.2 Å². The molecular weight excluding hydrogens is 380 g/mol. The second-order valence-corrected chi connectivity index (χ2v) is 8.87. The van der Waals surface area contributed by atoms with E-state index in [0.29, 0.717) is 30.1 Å². The third-order valence-corrected chi connectivity index (χ3v) is 6.97. The first-order valence-electron chi connectivity index (χ1n) is 11.0. The highest BCUT2D eigenvalue weighted by Gasteiger charge is 2.26. The Kier molecular flexibility index (Phi) is 4.85. The summed E-state index contributed by atoms with van der Waals surface area (Å²) in [5.74, 6) is 0.314. The van der Waals surface area contributed by atoms with Gasteiger partial charge in [-0.15, -0.1) is 0 Å². The molecule has 0 radical (unpaired) electrons. The fraction of sp³-hybridized carbons (Fsp3) is 0.522. The van der Waals surface area contributed by atoms with E-state index in [-0.39, 0.29) is 24.0 Å². The van der Waals surface area contributed by atoms with Gasteiger partial charge in [0.2, 0.25) is 0 Å². The van der Waals surface area contributed by atoms with Gasteiger partial charge in [-0.25, -0.2) is 0 Å². The van der Waals surface area contributed by atoms with Crippen LogP contribution in [0, 0.1) is 12.8 Å². The van der Waals surface area contributed by atoms with Crippen molar-refractivity contribution in [3.05, 3.63) is 39.8 Å². The van der Waals surface area contributed by atoms with Gasteiger partial charge < -0.3 is 15.0 Å². The molecule has 1 saturated heterocycles. The maximum atomic E-state index is 13.3. The number of aryl methyl sites for hydroxylation is 1. The van der Waals surface area contributed by atoms with Crippen LogP contribution in [0.1, 0.15) is 60.5 Å². The number of aliphatic hydroxyl groups is 1. The van der Waals surface area contributed by atoms with E-state index in [9.17, 15) is 14.7 Å². The Morgan fingerprint density at radius 1 is 1.17 bits per heavy atom. The predicted molar refractivity (Wildman–Crippen MR) is 116 cm³/mol. The van der Waals surface area contributed by atoms with E-state index < -0.39 is 0 Å². The molecule has 2 fully saturated rings. The lowest BCUT2D eigenvalue weighted by molar-refractivity contribution is 0.0650. The van der Waals surface area contributed by atoms with Crippen LogP contribution < -0.4 is 5.56 Å². The number of fused-ring (bicyclic) bond motifs is 3. The number of benzene rings is 1. The molecule has 0 unspecified atom stereocenters. The van der Waals surface area contributed by atoms with Crippen LogP contribution in [0.4, 0.5) is 0 Å². The van der Waals surface area contributed by atoms with Crippen LogP contribution in [-0.4, -0.2) is 50.4 Å². The molecule has 1 aromatic carbocycles. The number of rotatable bonds is 3. The molecule has 2 N–H and O–H groups in total. The smallest absolute Gasteiger partial charge is 0.259 e. The van der Waals surface area contributed by atoms with Gasteiger partial charge in [0.1, 0.15) is 0 Å². The number of aromatic amines is 1. The number of carbonyl (C=O) groups is 1. The average molecular weight is 409 g/mol. The fourth-order valence-corrected chi connectivity index (χ4v) is 5.14. The second kappa shape index (κ2) is 7.54. The van der Waals surface area contributed by atoms with Gasteiger partial charge in [-0.3, -0.25) is 14.3 Å². The molecule has 2 aromatic heterocycles. The monoisotopic (exact) mass is 408 g/mol. The van der Waals surface area contributed by atoms with Crippen molar-refractivity contribution in [2.75, 3.05) is 19.7 Å². The summed E-state index contributed by atoms with van der Waals surface area (Å²) < 4.78 is 2.01. The molecule has 2 aliphatic rings. The summed E-state index contributed by atoms with van der Waals surface area (Å²) in [7, 11) is 0. The summed E-state index contributed by atoms with van der Waals surface area (Å²) >= 11 is 0. The highest BCUT2D eigenvalue weighted by molar-refractivity contribution is 6.07. The van der Waals surface area contributed by atoms with Crippen LogP contribution in [0.25, 0.3) is 21.8 Å². The number of carbonyl (C=O) groups excluding carboxylic acids is 1.